The predicted molar refractivity (Wildman–Crippen MR) is 136 cm³/mol. The third-order valence-corrected chi connectivity index (χ3v) is 7.31. The van der Waals surface area contributed by atoms with Crippen LogP contribution in [0.5, 0.6) is 0 Å². The Morgan fingerprint density at radius 2 is 1.18 bits per heavy atom. The molecule has 3 fully saturated rings. The zero-order valence-corrected chi connectivity index (χ0v) is 20.9. The molecule has 3 heterocycles. The Morgan fingerprint density at radius 3 is 1.53 bits per heavy atom. The third-order valence-electron chi connectivity index (χ3n) is 7.31. The normalized spacial score (nSPS) is 21.1. The molecule has 0 bridgehead atoms. The first-order chi connectivity index (χ1) is 16.6. The highest BCUT2D eigenvalue weighted by Gasteiger charge is 2.46. The summed E-state index contributed by atoms with van der Waals surface area (Å²) in [6, 6.07) is 21.2. The third kappa shape index (κ3) is 7.87. The van der Waals surface area contributed by atoms with Gasteiger partial charge in [0.2, 0.25) is 0 Å². The molecule has 5 rings (SSSR count). The van der Waals surface area contributed by atoms with E-state index in [1.54, 1.807) is 7.11 Å². The lowest BCUT2D eigenvalue weighted by atomic mass is 9.92. The quantitative estimate of drug-likeness (QED) is 0.632. The number of epoxide rings is 1. The van der Waals surface area contributed by atoms with Crippen molar-refractivity contribution in [1.29, 1.82) is 0 Å². The lowest BCUT2D eigenvalue weighted by molar-refractivity contribution is -0.0899. The van der Waals surface area contributed by atoms with Crippen molar-refractivity contribution in [1.82, 2.24) is 9.80 Å². The number of hydrogen-bond donors (Lipinski definition) is 2. The molecule has 6 heteroatoms. The van der Waals surface area contributed by atoms with E-state index in [0.29, 0.717) is 5.60 Å². The van der Waals surface area contributed by atoms with Gasteiger partial charge in [-0.05, 0) is 36.8 Å². The minimum Gasteiger partial charge on any atom is -0.400 e. The van der Waals surface area contributed by atoms with Gasteiger partial charge >= 0.3 is 0 Å². The van der Waals surface area contributed by atoms with Gasteiger partial charge in [0, 0.05) is 53.5 Å². The number of piperidine rings is 2. The minimum atomic E-state index is -0.298. The Kier molecular flexibility index (Phi) is 10.5. The molecule has 0 amide bonds. The van der Waals surface area contributed by atoms with Crippen LogP contribution in [0.4, 0.5) is 0 Å². The molecule has 34 heavy (non-hydrogen) atoms. The van der Waals surface area contributed by atoms with E-state index in [1.165, 1.54) is 37.1 Å². The summed E-state index contributed by atoms with van der Waals surface area (Å²) < 4.78 is 11.0. The van der Waals surface area contributed by atoms with E-state index in [4.69, 9.17) is 14.6 Å². The maximum absolute atomic E-state index is 9.37. The monoisotopic (exact) mass is 470 g/mol. The smallest absolute Gasteiger partial charge is 0.0940 e. The molecular weight excluding hydrogens is 428 g/mol. The van der Waals surface area contributed by atoms with E-state index >= 15 is 0 Å². The number of benzene rings is 2. The van der Waals surface area contributed by atoms with E-state index in [9.17, 15) is 5.11 Å². The number of hydrogen-bond acceptors (Lipinski definition) is 6. The van der Waals surface area contributed by atoms with Crippen LogP contribution < -0.4 is 0 Å². The van der Waals surface area contributed by atoms with Crippen LogP contribution >= 0.6 is 0 Å². The van der Waals surface area contributed by atoms with Crippen molar-refractivity contribution in [2.24, 2.45) is 0 Å². The van der Waals surface area contributed by atoms with Crippen molar-refractivity contribution in [2.45, 2.75) is 50.0 Å². The van der Waals surface area contributed by atoms with Crippen LogP contribution in [0.2, 0.25) is 0 Å². The highest BCUT2D eigenvalue weighted by molar-refractivity contribution is 5.15. The molecular formula is C28H42N2O4. The predicted octanol–water partition coefficient (Wildman–Crippen LogP) is 3.32. The van der Waals surface area contributed by atoms with Crippen molar-refractivity contribution >= 4 is 0 Å². The van der Waals surface area contributed by atoms with Gasteiger partial charge in [0.1, 0.15) is 0 Å². The van der Waals surface area contributed by atoms with Crippen molar-refractivity contribution in [3.63, 3.8) is 0 Å². The second-order valence-corrected chi connectivity index (χ2v) is 9.54. The molecule has 0 radical (unpaired) electrons. The summed E-state index contributed by atoms with van der Waals surface area (Å²) in [5.74, 6) is 0. The summed E-state index contributed by atoms with van der Waals surface area (Å²) in [4.78, 5) is 4.95. The Hall–Kier alpha value is -1.80. The summed E-state index contributed by atoms with van der Waals surface area (Å²) in [6.45, 7) is 7.58. The van der Waals surface area contributed by atoms with Gasteiger partial charge < -0.3 is 19.7 Å². The molecule has 3 saturated heterocycles. The summed E-state index contributed by atoms with van der Waals surface area (Å²) in [7, 11) is 2.70. The van der Waals surface area contributed by atoms with Gasteiger partial charge in [0.25, 0.3) is 0 Å². The van der Waals surface area contributed by atoms with Crippen molar-refractivity contribution in [3.8, 4) is 0 Å². The summed E-state index contributed by atoms with van der Waals surface area (Å²) in [6.07, 6.45) is 4.26. The lowest BCUT2D eigenvalue weighted by Crippen LogP contribution is -2.47. The van der Waals surface area contributed by atoms with Gasteiger partial charge in [0.05, 0.1) is 24.4 Å². The molecule has 6 nitrogen and oxygen atoms in total. The molecule has 3 aliphatic rings. The number of aliphatic hydroxyl groups is 2. The minimum absolute atomic E-state index is 0.128. The first kappa shape index (κ1) is 26.8. The van der Waals surface area contributed by atoms with Gasteiger partial charge in [-0.25, -0.2) is 0 Å². The van der Waals surface area contributed by atoms with Gasteiger partial charge in [-0.1, -0.05) is 60.7 Å². The van der Waals surface area contributed by atoms with Crippen molar-refractivity contribution in [3.05, 3.63) is 71.8 Å². The van der Waals surface area contributed by atoms with Crippen LogP contribution in [0.1, 0.15) is 36.8 Å². The lowest BCUT2D eigenvalue weighted by Gasteiger charge is -2.39. The second kappa shape index (κ2) is 13.3. The van der Waals surface area contributed by atoms with Crippen LogP contribution in [-0.2, 0) is 22.6 Å². The molecule has 2 N–H and O–H groups in total. The molecule has 188 valence electrons. The molecule has 0 saturated carbocycles. The SMILES string of the molecule is CO.COC1(CO)CCN(Cc2ccccc2)CC1.c1ccc(CN2CCC3(CC2)CO3)cc1. The van der Waals surface area contributed by atoms with E-state index in [-0.39, 0.29) is 12.2 Å². The molecule has 0 atom stereocenters. The van der Waals surface area contributed by atoms with Crippen LogP contribution in [0.25, 0.3) is 0 Å². The van der Waals surface area contributed by atoms with Crippen molar-refractivity contribution < 1.29 is 19.7 Å². The van der Waals surface area contributed by atoms with Gasteiger partial charge in [-0.15, -0.1) is 0 Å². The van der Waals surface area contributed by atoms with E-state index in [2.05, 4.69) is 64.4 Å². The molecule has 2 aromatic rings. The second-order valence-electron chi connectivity index (χ2n) is 9.54. The molecule has 2 aromatic carbocycles. The number of rotatable bonds is 6. The van der Waals surface area contributed by atoms with Gasteiger partial charge in [0.15, 0.2) is 0 Å². The Labute approximate surface area is 205 Å². The first-order valence-corrected chi connectivity index (χ1v) is 12.4. The number of likely N-dealkylation sites (tertiary alicyclic amines) is 2. The van der Waals surface area contributed by atoms with Crippen LogP contribution in [-0.4, -0.2) is 84.8 Å². The Bertz CT molecular complexity index is 790. The highest BCUT2D eigenvalue weighted by atomic mass is 16.6. The maximum Gasteiger partial charge on any atom is 0.0940 e. The highest BCUT2D eigenvalue weighted by Crippen LogP contribution is 2.37. The van der Waals surface area contributed by atoms with E-state index in [0.717, 1.165) is 52.7 Å². The average molecular weight is 471 g/mol. The van der Waals surface area contributed by atoms with Crippen LogP contribution in [0.15, 0.2) is 60.7 Å². The standard InChI is InChI=1S/C14H21NO2.C13H17NO.CH4O/c1-17-14(12-16)7-9-15(10-8-14)11-13-5-3-2-4-6-13;1-2-4-12(5-3-1)10-14-8-6-13(7-9-14)11-15-13;1-2/h2-6,16H,7-12H2,1H3;1-5H,6-11H2;2H,1H3. The van der Waals surface area contributed by atoms with Crippen molar-refractivity contribution in [2.75, 3.05) is 53.6 Å². The molecule has 0 aliphatic carbocycles. The summed E-state index contributed by atoms with van der Waals surface area (Å²) >= 11 is 0. The number of aliphatic hydroxyl groups excluding tert-OH is 2. The van der Waals surface area contributed by atoms with Gasteiger partial charge in [-0.3, -0.25) is 9.80 Å². The van der Waals surface area contributed by atoms with E-state index in [1.807, 2.05) is 6.07 Å². The average Bonchev–Trinajstić information content (AvgIpc) is 3.68. The topological polar surface area (TPSA) is 68.7 Å². The first-order valence-electron chi connectivity index (χ1n) is 12.4. The fraction of sp³-hybridized carbons (Fsp3) is 0.571. The fourth-order valence-corrected chi connectivity index (χ4v) is 4.74. The van der Waals surface area contributed by atoms with Crippen LogP contribution in [0.3, 0.4) is 0 Å². The number of methoxy groups -OCH3 is 1. The fourth-order valence-electron chi connectivity index (χ4n) is 4.74. The Morgan fingerprint density at radius 1 is 0.765 bits per heavy atom. The molecule has 3 aliphatic heterocycles. The van der Waals surface area contributed by atoms with E-state index < -0.39 is 0 Å². The molecule has 1 spiro atoms. The number of ether oxygens (including phenoxy) is 2. The summed E-state index contributed by atoms with van der Waals surface area (Å²) in [5, 5.41) is 16.4. The zero-order valence-electron chi connectivity index (χ0n) is 20.9. The summed E-state index contributed by atoms with van der Waals surface area (Å²) in [5.41, 5.74) is 2.78. The zero-order chi connectivity index (χ0) is 24.3. The maximum atomic E-state index is 9.37. The van der Waals surface area contributed by atoms with Crippen LogP contribution in [0, 0.1) is 0 Å². The largest absolute Gasteiger partial charge is 0.400 e. The van der Waals surface area contributed by atoms with Gasteiger partial charge in [-0.2, -0.15) is 0 Å². The Balaban J connectivity index is 0.000000179. The number of nitrogens with zero attached hydrogens (tertiary/aromatic N) is 2. The molecule has 0 aromatic heterocycles. The molecule has 0 unspecified atom stereocenters.